The number of rotatable bonds is 5. The van der Waals surface area contributed by atoms with Crippen molar-refractivity contribution in [3.63, 3.8) is 0 Å². The summed E-state index contributed by atoms with van der Waals surface area (Å²) in [5.74, 6) is 0.687. The van der Waals surface area contributed by atoms with Crippen molar-refractivity contribution in [1.29, 1.82) is 0 Å². The number of benzene rings is 2. The molecule has 0 spiro atoms. The Morgan fingerprint density at radius 2 is 1.71 bits per heavy atom. The molecule has 0 fully saturated rings. The molecule has 6 nitrogen and oxygen atoms in total. The average molecular weight is 425 g/mol. The van der Waals surface area contributed by atoms with E-state index in [-0.39, 0.29) is 0 Å². The molecule has 0 radical (unpaired) electrons. The Balaban J connectivity index is 1.47. The molecule has 2 aromatic carbocycles. The molecule has 0 amide bonds. The van der Waals surface area contributed by atoms with Crippen molar-refractivity contribution in [2.24, 2.45) is 5.10 Å². The van der Waals surface area contributed by atoms with E-state index in [9.17, 15) is 0 Å². The fourth-order valence-corrected chi connectivity index (χ4v) is 4.53. The van der Waals surface area contributed by atoms with Crippen LogP contribution in [0, 0.1) is 13.8 Å². The second-order valence-electron chi connectivity index (χ2n) is 7.12. The van der Waals surface area contributed by atoms with Crippen LogP contribution in [0.3, 0.4) is 0 Å². The summed E-state index contributed by atoms with van der Waals surface area (Å²) in [6.45, 7) is 4.03. The zero-order valence-electron chi connectivity index (χ0n) is 17.1. The Bertz CT molecular complexity index is 1370. The number of hydrogen-bond acceptors (Lipinski definition) is 6. The second-order valence-corrected chi connectivity index (χ2v) is 7.98. The molecular weight excluding hydrogens is 404 g/mol. The van der Waals surface area contributed by atoms with E-state index in [1.807, 2.05) is 67.1 Å². The lowest BCUT2D eigenvalue weighted by molar-refractivity contribution is 0.833. The van der Waals surface area contributed by atoms with E-state index in [0.717, 1.165) is 44.0 Å². The molecule has 0 saturated carbocycles. The fraction of sp³-hybridized carbons (Fsp3) is 0.0833. The van der Waals surface area contributed by atoms with E-state index in [1.165, 1.54) is 0 Å². The Morgan fingerprint density at radius 3 is 2.48 bits per heavy atom. The zero-order valence-corrected chi connectivity index (χ0v) is 18.0. The Labute approximate surface area is 183 Å². The van der Waals surface area contributed by atoms with Gasteiger partial charge < -0.3 is 0 Å². The van der Waals surface area contributed by atoms with Gasteiger partial charge in [0.05, 0.1) is 28.7 Å². The summed E-state index contributed by atoms with van der Waals surface area (Å²) in [7, 11) is 0. The van der Waals surface area contributed by atoms with Gasteiger partial charge in [0.25, 0.3) is 0 Å². The summed E-state index contributed by atoms with van der Waals surface area (Å²) < 4.78 is 1.94. The topological polar surface area (TPSA) is 68.0 Å². The van der Waals surface area contributed by atoms with E-state index < -0.39 is 0 Å². The maximum atomic E-state index is 4.68. The van der Waals surface area contributed by atoms with Gasteiger partial charge in [-0.2, -0.15) is 10.2 Å². The first-order valence-corrected chi connectivity index (χ1v) is 10.8. The Morgan fingerprint density at radius 1 is 0.968 bits per heavy atom. The van der Waals surface area contributed by atoms with Crippen LogP contribution < -0.4 is 5.43 Å². The summed E-state index contributed by atoms with van der Waals surface area (Å²) in [6, 6.07) is 20.3. The number of fused-ring (bicyclic) bond motifs is 1. The summed E-state index contributed by atoms with van der Waals surface area (Å²) in [4.78, 5) is 9.79. The van der Waals surface area contributed by atoms with E-state index in [1.54, 1.807) is 23.9 Å². The number of nitrogens with zero attached hydrogens (tertiary/aromatic N) is 5. The summed E-state index contributed by atoms with van der Waals surface area (Å²) in [5, 5.41) is 12.3. The molecule has 0 aliphatic carbocycles. The van der Waals surface area contributed by atoms with E-state index >= 15 is 0 Å². The maximum absolute atomic E-state index is 4.68. The first kappa shape index (κ1) is 19.1. The minimum atomic E-state index is 0.687. The number of thiophene rings is 1. The molecule has 152 valence electrons. The third-order valence-corrected chi connectivity index (χ3v) is 6.05. The number of hydrazone groups is 1. The highest BCUT2D eigenvalue weighted by molar-refractivity contribution is 7.17. The van der Waals surface area contributed by atoms with Crippen LogP contribution >= 0.6 is 11.3 Å². The summed E-state index contributed by atoms with van der Waals surface area (Å²) in [5.41, 5.74) is 9.31. The number of hydrogen-bond donors (Lipinski definition) is 1. The monoisotopic (exact) mass is 424 g/mol. The van der Waals surface area contributed by atoms with Crippen molar-refractivity contribution in [2.75, 3.05) is 5.43 Å². The molecule has 5 aromatic rings. The molecule has 0 saturated heterocycles. The number of para-hydroxylation sites is 1. The molecule has 3 aromatic heterocycles. The lowest BCUT2D eigenvalue weighted by Gasteiger charge is -2.05. The number of aromatic nitrogens is 4. The lowest BCUT2D eigenvalue weighted by atomic mass is 10.1. The second kappa shape index (κ2) is 8.12. The van der Waals surface area contributed by atoms with Gasteiger partial charge >= 0.3 is 0 Å². The predicted molar refractivity (Wildman–Crippen MR) is 127 cm³/mol. The minimum Gasteiger partial charge on any atom is -0.261 e. The van der Waals surface area contributed by atoms with Crippen LogP contribution in [0.15, 0.2) is 77.5 Å². The zero-order chi connectivity index (χ0) is 21.2. The van der Waals surface area contributed by atoms with Gasteiger partial charge in [0.1, 0.15) is 11.2 Å². The van der Waals surface area contributed by atoms with Crippen LogP contribution in [0.1, 0.15) is 17.0 Å². The summed E-state index contributed by atoms with van der Waals surface area (Å²) in [6.07, 6.45) is 3.37. The van der Waals surface area contributed by atoms with Gasteiger partial charge in [0.15, 0.2) is 5.82 Å². The third kappa shape index (κ3) is 3.60. The van der Waals surface area contributed by atoms with Gasteiger partial charge in [-0.15, -0.1) is 11.3 Å². The summed E-state index contributed by atoms with van der Waals surface area (Å²) >= 11 is 1.60. The molecule has 0 bridgehead atoms. The van der Waals surface area contributed by atoms with Gasteiger partial charge in [-0.05, 0) is 31.5 Å². The normalized spacial score (nSPS) is 11.4. The van der Waals surface area contributed by atoms with Crippen molar-refractivity contribution >= 4 is 33.6 Å². The number of anilines is 1. The molecule has 5 rings (SSSR count). The van der Waals surface area contributed by atoms with Crippen molar-refractivity contribution in [3.05, 3.63) is 89.3 Å². The standard InChI is InChI=1S/C24H20N6S/c1-16-20(17(2)30(29-16)19-11-7-4-8-12-19)13-27-28-23-22-21(18-9-5-3-6-10-18)14-31-24(22)26-15-25-23/h3-15H,1-2H3,(H,25,26,28)/b27-13+. The molecule has 0 atom stereocenters. The number of aryl methyl sites for hydroxylation is 1. The van der Waals surface area contributed by atoms with E-state index in [4.69, 9.17) is 0 Å². The first-order valence-electron chi connectivity index (χ1n) is 9.90. The average Bonchev–Trinajstić information content (AvgIpc) is 3.37. The molecule has 7 heteroatoms. The third-order valence-electron chi connectivity index (χ3n) is 5.17. The Kier molecular flexibility index (Phi) is 5.01. The van der Waals surface area contributed by atoms with E-state index in [0.29, 0.717) is 5.82 Å². The van der Waals surface area contributed by atoms with Crippen LogP contribution in [0.25, 0.3) is 27.0 Å². The molecule has 0 aliphatic rings. The lowest BCUT2D eigenvalue weighted by Crippen LogP contribution is -1.99. The molecule has 1 N–H and O–H groups in total. The smallest absolute Gasteiger partial charge is 0.159 e. The predicted octanol–water partition coefficient (Wildman–Crippen LogP) is 5.61. The quantitative estimate of drug-likeness (QED) is 0.294. The van der Waals surface area contributed by atoms with Crippen molar-refractivity contribution in [2.45, 2.75) is 13.8 Å². The van der Waals surface area contributed by atoms with Crippen LogP contribution in [0.2, 0.25) is 0 Å². The van der Waals surface area contributed by atoms with Crippen LogP contribution in [0.5, 0.6) is 0 Å². The minimum absolute atomic E-state index is 0.687. The van der Waals surface area contributed by atoms with Crippen molar-refractivity contribution < 1.29 is 0 Å². The number of nitrogens with one attached hydrogen (secondary N) is 1. The molecule has 3 heterocycles. The van der Waals surface area contributed by atoms with Gasteiger partial charge in [-0.1, -0.05) is 48.5 Å². The van der Waals surface area contributed by atoms with Crippen LogP contribution in [0.4, 0.5) is 5.82 Å². The van der Waals surface area contributed by atoms with E-state index in [2.05, 4.69) is 43.1 Å². The highest BCUT2D eigenvalue weighted by atomic mass is 32.1. The molecule has 31 heavy (non-hydrogen) atoms. The van der Waals surface area contributed by atoms with Crippen molar-refractivity contribution in [1.82, 2.24) is 19.7 Å². The molecule has 0 unspecified atom stereocenters. The largest absolute Gasteiger partial charge is 0.261 e. The Hall–Kier alpha value is -3.84. The molecule has 0 aliphatic heterocycles. The van der Waals surface area contributed by atoms with Crippen LogP contribution in [-0.2, 0) is 0 Å². The maximum Gasteiger partial charge on any atom is 0.159 e. The van der Waals surface area contributed by atoms with Crippen LogP contribution in [-0.4, -0.2) is 26.0 Å². The van der Waals surface area contributed by atoms with Gasteiger partial charge in [-0.25, -0.2) is 14.6 Å². The van der Waals surface area contributed by atoms with Gasteiger partial charge in [0, 0.05) is 16.5 Å². The molecular formula is C24H20N6S. The SMILES string of the molecule is Cc1nn(-c2ccccc2)c(C)c1/C=N/Nc1ncnc2scc(-c3ccccc3)c12. The highest BCUT2D eigenvalue weighted by Crippen LogP contribution is 2.36. The first-order chi connectivity index (χ1) is 15.2. The van der Waals surface area contributed by atoms with Crippen molar-refractivity contribution in [3.8, 4) is 16.8 Å². The van der Waals surface area contributed by atoms with Gasteiger partial charge in [0.2, 0.25) is 0 Å². The van der Waals surface area contributed by atoms with Gasteiger partial charge in [-0.3, -0.25) is 5.43 Å². The highest BCUT2D eigenvalue weighted by Gasteiger charge is 2.13. The fourth-order valence-electron chi connectivity index (χ4n) is 3.61.